The number of anilines is 2. The largest absolute Gasteiger partial charge is 0.376 e. The molecule has 2 aliphatic rings. The van der Waals surface area contributed by atoms with E-state index in [1.807, 2.05) is 6.07 Å². The minimum Gasteiger partial charge on any atom is -0.376 e. The fourth-order valence-electron chi connectivity index (χ4n) is 4.05. The summed E-state index contributed by atoms with van der Waals surface area (Å²) in [6, 6.07) is 3.83. The van der Waals surface area contributed by atoms with Crippen molar-refractivity contribution in [3.05, 3.63) is 39.9 Å². The number of hydrogen-bond donors (Lipinski definition) is 1. The second-order valence-corrected chi connectivity index (χ2v) is 7.96. The van der Waals surface area contributed by atoms with Crippen molar-refractivity contribution in [1.82, 2.24) is 19.7 Å². The first-order valence-corrected chi connectivity index (χ1v) is 10.0. The molecule has 1 fully saturated rings. The van der Waals surface area contributed by atoms with Crippen LogP contribution in [0.15, 0.2) is 23.1 Å². The highest BCUT2D eigenvalue weighted by Crippen LogP contribution is 2.25. The van der Waals surface area contributed by atoms with Gasteiger partial charge in [-0.3, -0.25) is 4.79 Å². The Hall–Kier alpha value is -2.48. The highest BCUT2D eigenvalue weighted by Gasteiger charge is 2.29. The number of ether oxygens (including phenoxy) is 1. The third-order valence-electron chi connectivity index (χ3n) is 5.52. The van der Waals surface area contributed by atoms with Crippen molar-refractivity contribution >= 4 is 11.8 Å². The average molecular weight is 384 g/mol. The van der Waals surface area contributed by atoms with Gasteiger partial charge in [-0.05, 0) is 24.8 Å². The lowest BCUT2D eigenvalue weighted by Gasteiger charge is -2.35. The molecule has 150 valence electrons. The Bertz CT molecular complexity index is 897. The number of nitrogens with zero attached hydrogens (tertiary/aromatic N) is 5. The Balaban J connectivity index is 1.51. The molecule has 0 spiro atoms. The first-order chi connectivity index (χ1) is 13.5. The number of fused-ring (bicyclic) bond motifs is 1. The molecule has 8 nitrogen and oxygen atoms in total. The minimum atomic E-state index is -0.0889. The monoisotopic (exact) mass is 384 g/mol. The van der Waals surface area contributed by atoms with Crippen LogP contribution in [0.3, 0.4) is 0 Å². The molecule has 4 rings (SSSR count). The molecule has 0 amide bonds. The van der Waals surface area contributed by atoms with Crippen LogP contribution in [0.25, 0.3) is 0 Å². The highest BCUT2D eigenvalue weighted by molar-refractivity contribution is 5.44. The standard InChI is InChI=1S/C20H28N6O2/c1-13(2)19-16(5-4-10-28-19)22-17-6-8-21-20(23-17)26-9-7-15-14(12-26)11-18(27)25(3)24-15/h6,8,11,13,16,19H,4-5,7,9-10,12H2,1-3H3,(H,21,22,23)/t16-,19+/m1/s1. The molecule has 2 aromatic rings. The van der Waals surface area contributed by atoms with Crippen molar-refractivity contribution in [2.45, 2.75) is 51.8 Å². The molecule has 28 heavy (non-hydrogen) atoms. The van der Waals surface area contributed by atoms with E-state index in [0.29, 0.717) is 18.4 Å². The van der Waals surface area contributed by atoms with Gasteiger partial charge in [0.2, 0.25) is 5.95 Å². The molecule has 4 heterocycles. The summed E-state index contributed by atoms with van der Waals surface area (Å²) in [4.78, 5) is 23.2. The van der Waals surface area contributed by atoms with Crippen LogP contribution in [0, 0.1) is 5.92 Å². The molecule has 1 saturated heterocycles. The fourth-order valence-corrected chi connectivity index (χ4v) is 4.05. The van der Waals surface area contributed by atoms with Gasteiger partial charge < -0.3 is 15.0 Å². The quantitative estimate of drug-likeness (QED) is 0.859. The maximum Gasteiger partial charge on any atom is 0.266 e. The molecule has 0 unspecified atom stereocenters. The van der Waals surface area contributed by atoms with Gasteiger partial charge in [0.25, 0.3) is 5.56 Å². The zero-order valence-corrected chi connectivity index (χ0v) is 16.8. The lowest BCUT2D eigenvalue weighted by molar-refractivity contribution is -0.0203. The van der Waals surface area contributed by atoms with E-state index >= 15 is 0 Å². The van der Waals surface area contributed by atoms with Crippen LogP contribution in [-0.2, 0) is 24.8 Å². The van der Waals surface area contributed by atoms with Crippen molar-refractivity contribution in [3.63, 3.8) is 0 Å². The molecule has 0 radical (unpaired) electrons. The minimum absolute atomic E-state index is 0.0889. The SMILES string of the molecule is CC(C)[C@@H]1OCCC[C@H]1Nc1ccnc(N2CCc3nn(C)c(=O)cc3C2)n1. The second-order valence-electron chi connectivity index (χ2n) is 7.96. The van der Waals surface area contributed by atoms with Crippen molar-refractivity contribution in [2.75, 3.05) is 23.4 Å². The summed E-state index contributed by atoms with van der Waals surface area (Å²) >= 11 is 0. The molecule has 2 aliphatic heterocycles. The first kappa shape index (κ1) is 18.9. The van der Waals surface area contributed by atoms with E-state index < -0.39 is 0 Å². The Morgan fingerprint density at radius 3 is 3.04 bits per heavy atom. The van der Waals surface area contributed by atoms with Crippen molar-refractivity contribution in [3.8, 4) is 0 Å². The van der Waals surface area contributed by atoms with Gasteiger partial charge in [-0.1, -0.05) is 13.8 Å². The number of aryl methyl sites for hydroxylation is 1. The summed E-state index contributed by atoms with van der Waals surface area (Å²) in [5, 5.41) is 7.93. The molecule has 0 bridgehead atoms. The number of aromatic nitrogens is 4. The van der Waals surface area contributed by atoms with Gasteiger partial charge in [0.05, 0.1) is 17.8 Å². The normalized spacial score (nSPS) is 22.2. The number of hydrogen-bond acceptors (Lipinski definition) is 7. The van der Waals surface area contributed by atoms with Crippen LogP contribution in [0.1, 0.15) is 37.9 Å². The van der Waals surface area contributed by atoms with E-state index in [-0.39, 0.29) is 17.7 Å². The van der Waals surface area contributed by atoms with Crippen LogP contribution >= 0.6 is 0 Å². The average Bonchev–Trinajstić information content (AvgIpc) is 2.69. The third-order valence-corrected chi connectivity index (χ3v) is 5.52. The van der Waals surface area contributed by atoms with Crippen LogP contribution in [-0.4, -0.2) is 45.0 Å². The van der Waals surface area contributed by atoms with Crippen LogP contribution in [0.2, 0.25) is 0 Å². The predicted octanol–water partition coefficient (Wildman–Crippen LogP) is 1.75. The van der Waals surface area contributed by atoms with Crippen molar-refractivity contribution in [2.24, 2.45) is 13.0 Å². The van der Waals surface area contributed by atoms with E-state index in [2.05, 4.69) is 34.1 Å². The van der Waals surface area contributed by atoms with E-state index in [9.17, 15) is 4.79 Å². The Labute approximate surface area is 164 Å². The topological polar surface area (TPSA) is 85.2 Å². The van der Waals surface area contributed by atoms with Crippen LogP contribution in [0.5, 0.6) is 0 Å². The van der Waals surface area contributed by atoms with Gasteiger partial charge in [-0.25, -0.2) is 9.67 Å². The highest BCUT2D eigenvalue weighted by atomic mass is 16.5. The fraction of sp³-hybridized carbons (Fsp3) is 0.600. The van der Waals surface area contributed by atoms with Crippen molar-refractivity contribution < 1.29 is 4.74 Å². The summed E-state index contributed by atoms with van der Waals surface area (Å²) in [6.45, 7) is 6.60. The van der Waals surface area contributed by atoms with Crippen LogP contribution < -0.4 is 15.8 Å². The zero-order valence-electron chi connectivity index (χ0n) is 16.8. The van der Waals surface area contributed by atoms with Gasteiger partial charge in [-0.15, -0.1) is 0 Å². The van der Waals surface area contributed by atoms with Gasteiger partial charge >= 0.3 is 0 Å². The van der Waals surface area contributed by atoms with Crippen LogP contribution in [0.4, 0.5) is 11.8 Å². The van der Waals surface area contributed by atoms with E-state index in [4.69, 9.17) is 9.72 Å². The molecule has 0 saturated carbocycles. The molecule has 0 aliphatic carbocycles. The first-order valence-electron chi connectivity index (χ1n) is 10.0. The lowest BCUT2D eigenvalue weighted by Crippen LogP contribution is -2.43. The van der Waals surface area contributed by atoms with E-state index in [1.165, 1.54) is 4.68 Å². The van der Waals surface area contributed by atoms with E-state index in [1.54, 1.807) is 19.3 Å². The summed E-state index contributed by atoms with van der Waals surface area (Å²) in [6.07, 6.45) is 4.89. The molecule has 2 atom stereocenters. The Morgan fingerprint density at radius 2 is 2.21 bits per heavy atom. The molecular formula is C20H28N6O2. The molecule has 1 N–H and O–H groups in total. The third kappa shape index (κ3) is 3.87. The Morgan fingerprint density at radius 1 is 1.36 bits per heavy atom. The Kier molecular flexibility index (Phi) is 5.30. The molecule has 8 heteroatoms. The van der Waals surface area contributed by atoms with Gasteiger partial charge in [0.15, 0.2) is 0 Å². The maximum absolute atomic E-state index is 11.9. The van der Waals surface area contributed by atoms with Gasteiger partial charge in [-0.2, -0.15) is 10.1 Å². The summed E-state index contributed by atoms with van der Waals surface area (Å²) < 4.78 is 7.37. The lowest BCUT2D eigenvalue weighted by atomic mass is 9.94. The van der Waals surface area contributed by atoms with Crippen molar-refractivity contribution in [1.29, 1.82) is 0 Å². The number of rotatable bonds is 4. The predicted molar refractivity (Wildman–Crippen MR) is 107 cm³/mol. The smallest absolute Gasteiger partial charge is 0.266 e. The maximum atomic E-state index is 11.9. The second kappa shape index (κ2) is 7.87. The van der Waals surface area contributed by atoms with Gasteiger partial charge in [0.1, 0.15) is 5.82 Å². The molecule has 0 aromatic carbocycles. The van der Waals surface area contributed by atoms with E-state index in [0.717, 1.165) is 49.5 Å². The molecule has 2 aromatic heterocycles. The zero-order chi connectivity index (χ0) is 19.7. The molecular weight excluding hydrogens is 356 g/mol. The summed E-state index contributed by atoms with van der Waals surface area (Å²) in [5.74, 6) is 1.95. The number of nitrogens with one attached hydrogen (secondary N) is 1. The van der Waals surface area contributed by atoms with Gasteiger partial charge in [0, 0.05) is 51.0 Å². The summed E-state index contributed by atoms with van der Waals surface area (Å²) in [7, 11) is 1.69. The summed E-state index contributed by atoms with van der Waals surface area (Å²) in [5.41, 5.74) is 1.84.